The highest BCUT2D eigenvalue weighted by atomic mass is 33.1. The predicted molar refractivity (Wildman–Crippen MR) is 320 cm³/mol. The number of aliphatic imine (C=N–C) groups is 1. The molecule has 1 saturated heterocycles. The molecule has 20 N–H and O–H groups in total. The van der Waals surface area contributed by atoms with E-state index in [1.165, 1.54) is 6.92 Å². The lowest BCUT2D eigenvalue weighted by Crippen LogP contribution is -2.63. The first-order valence-corrected chi connectivity index (χ1v) is 30.7. The molecule has 1 aromatic carbocycles. The van der Waals surface area contributed by atoms with Crippen LogP contribution in [0.25, 0.3) is 0 Å². The monoisotopic (exact) mass is 1240 g/mol. The van der Waals surface area contributed by atoms with Crippen LogP contribution in [-0.4, -0.2) is 185 Å². The van der Waals surface area contributed by atoms with Gasteiger partial charge in [0.1, 0.15) is 60.4 Å². The molecule has 31 heteroatoms. The van der Waals surface area contributed by atoms with Crippen LogP contribution in [0.5, 0.6) is 0 Å². The Hall–Kier alpha value is -7.09. The minimum Gasteiger partial charge on any atom is -0.394 e. The summed E-state index contributed by atoms with van der Waals surface area (Å²) in [5.41, 5.74) is 23.6. The van der Waals surface area contributed by atoms with E-state index in [-0.39, 0.29) is 43.7 Å². The predicted octanol–water partition coefficient (Wildman–Crippen LogP) is -4.15. The van der Waals surface area contributed by atoms with Crippen LogP contribution in [-0.2, 0) is 64.0 Å². The Morgan fingerprint density at radius 1 is 0.635 bits per heavy atom. The molecule has 0 saturated carbocycles. The first kappa shape index (κ1) is 74.0. The van der Waals surface area contributed by atoms with Gasteiger partial charge in [0.2, 0.25) is 70.9 Å². The Balaban J connectivity index is 2.33. The van der Waals surface area contributed by atoms with Gasteiger partial charge >= 0.3 is 0 Å². The molecular formula is C54H89N15O14S2. The smallest absolute Gasteiger partial charge is 0.245 e. The molecule has 1 fully saturated rings. The van der Waals surface area contributed by atoms with Gasteiger partial charge in [-0.2, -0.15) is 0 Å². The topological polar surface area (TPSA) is 482 Å². The maximum atomic E-state index is 14.3. The number of nitrogens with zero attached hydrogens (tertiary/aromatic N) is 1. The maximum absolute atomic E-state index is 14.3. The van der Waals surface area contributed by atoms with Crippen LogP contribution in [0.4, 0.5) is 0 Å². The van der Waals surface area contributed by atoms with Gasteiger partial charge in [0.25, 0.3) is 0 Å². The molecule has 0 bridgehead atoms. The second-order valence-corrected chi connectivity index (χ2v) is 23.6. The summed E-state index contributed by atoms with van der Waals surface area (Å²) in [6, 6.07) is -6.23. The Morgan fingerprint density at radius 3 is 1.62 bits per heavy atom. The fourth-order valence-corrected chi connectivity index (χ4v) is 10.6. The zero-order valence-corrected chi connectivity index (χ0v) is 51.2. The molecule has 1 aromatic rings. The number of hydrogen-bond donors (Lipinski definition) is 16. The summed E-state index contributed by atoms with van der Waals surface area (Å²) in [5.74, 6) is -12.3. The van der Waals surface area contributed by atoms with Crippen molar-refractivity contribution in [1.29, 1.82) is 0 Å². The number of carbonyl (C=O) groups excluding carboxylic acids is 12. The summed E-state index contributed by atoms with van der Waals surface area (Å²) in [6.45, 7) is 11.3. The van der Waals surface area contributed by atoms with Crippen LogP contribution in [0.15, 0.2) is 35.3 Å². The molecule has 0 unspecified atom stereocenters. The number of aliphatic hydroxyl groups is 2. The van der Waals surface area contributed by atoms with Crippen molar-refractivity contribution in [3.05, 3.63) is 35.9 Å². The maximum Gasteiger partial charge on any atom is 0.245 e. The van der Waals surface area contributed by atoms with Crippen molar-refractivity contribution >= 4 is 98.3 Å². The Bertz CT molecular complexity index is 2480. The van der Waals surface area contributed by atoms with Crippen molar-refractivity contribution in [3.8, 4) is 0 Å². The lowest BCUT2D eigenvalue weighted by Gasteiger charge is -2.31. The number of carbonyl (C=O) groups is 12. The van der Waals surface area contributed by atoms with Crippen LogP contribution in [0, 0.1) is 17.8 Å². The van der Waals surface area contributed by atoms with Gasteiger partial charge in [-0.05, 0) is 62.8 Å². The Kier molecular flexibility index (Phi) is 33.1. The van der Waals surface area contributed by atoms with Crippen LogP contribution in [0.1, 0.15) is 106 Å². The third kappa shape index (κ3) is 25.6. The van der Waals surface area contributed by atoms with E-state index >= 15 is 0 Å². The molecular weight excluding hydrogens is 1150 g/mol. The van der Waals surface area contributed by atoms with E-state index in [4.69, 9.17) is 22.9 Å². The molecule has 0 radical (unpaired) electrons. The van der Waals surface area contributed by atoms with Crippen molar-refractivity contribution < 1.29 is 67.7 Å². The molecule has 0 aromatic heterocycles. The highest BCUT2D eigenvalue weighted by Crippen LogP contribution is 2.24. The number of hydrogen-bond acceptors (Lipinski definition) is 18. The molecule has 29 nitrogen and oxygen atoms in total. The summed E-state index contributed by atoms with van der Waals surface area (Å²) in [7, 11) is 2.04. The van der Waals surface area contributed by atoms with Gasteiger partial charge in [-0.1, -0.05) is 113 Å². The molecule has 14 atom stereocenters. The van der Waals surface area contributed by atoms with Crippen LogP contribution in [0.2, 0.25) is 0 Å². The first-order valence-electron chi connectivity index (χ1n) is 28.3. The third-order valence-electron chi connectivity index (χ3n) is 14.2. The number of amidine groups is 1. The lowest BCUT2D eigenvalue weighted by molar-refractivity contribution is -0.137. The van der Waals surface area contributed by atoms with Crippen molar-refractivity contribution in [2.45, 2.75) is 173 Å². The Labute approximate surface area is 503 Å². The number of nitrogens with one attached hydrogen (secondary N) is 10. The van der Waals surface area contributed by atoms with Crippen molar-refractivity contribution in [2.24, 2.45) is 45.7 Å². The van der Waals surface area contributed by atoms with Crippen LogP contribution in [0.3, 0.4) is 0 Å². The van der Waals surface area contributed by atoms with E-state index in [0.29, 0.717) is 18.7 Å². The summed E-state index contributed by atoms with van der Waals surface area (Å²) in [6.07, 6.45) is 0.648. The molecule has 1 aliphatic rings. The minimum atomic E-state index is -1.73. The third-order valence-corrected chi connectivity index (χ3v) is 16.6. The molecule has 0 aliphatic carbocycles. The van der Waals surface area contributed by atoms with E-state index in [2.05, 4.69) is 58.2 Å². The van der Waals surface area contributed by atoms with Gasteiger partial charge in [0.15, 0.2) is 0 Å². The van der Waals surface area contributed by atoms with E-state index in [0.717, 1.165) is 27.2 Å². The molecule has 0 spiro atoms. The fourth-order valence-electron chi connectivity index (χ4n) is 8.21. The molecule has 12 amide bonds. The second kappa shape index (κ2) is 38.1. The molecule has 85 heavy (non-hydrogen) atoms. The molecule has 1 aliphatic heterocycles. The quantitative estimate of drug-likeness (QED) is 0.0141. The van der Waals surface area contributed by atoms with E-state index in [1.54, 1.807) is 78.8 Å². The molecule has 1 heterocycles. The van der Waals surface area contributed by atoms with Gasteiger partial charge in [-0.25, -0.2) is 0 Å². The van der Waals surface area contributed by atoms with E-state index < -0.39 is 181 Å². The second-order valence-electron chi connectivity index (χ2n) is 21.0. The standard InChI is InChI=1S/C54H89N15O14S2/c1-9-27(4)41(67-46(75)33(56)22-32-16-13-12-14-17-32)52(81)63-36(23-70)49(78)62-35(19-20-40(57)72)48(77)68-43(29(6)11-3)54(83)69-42(28(5)10-2)53(82)64-37(24-71)50(79)66-39-26-85-84-25-38(44(58)73)65-47(76)34(18-15-21-59-31(8)55)61-45(74)30(7)60-51(39)80/h12-14,16-17,27-30,33-39,41-43,70-71H,9-11,15,18-26,56H2,1-8H3,(H2,55,59)(H2,57,72)(H2,58,73)(H,60,80)(H,61,74)(H,62,78)(H,63,81)(H,64,82)(H,65,76)(H,66,79)(H,67,75)(H,68,77)(H,69,83)/t27-,28-,29-,30-,33-,34-,35-,36-,37-,38-,39-,41-,42-,43-/m0/s1. The van der Waals surface area contributed by atoms with Gasteiger partial charge in [-0.15, -0.1) is 0 Å². The van der Waals surface area contributed by atoms with E-state index in [1.807, 2.05) is 0 Å². The van der Waals surface area contributed by atoms with Gasteiger partial charge in [0, 0.05) is 24.5 Å². The SMILES string of the molecule is CC[C@H](C)[C@H](NC(=O)[C@H](CCC(N)=O)NC(=O)[C@H](CO)NC(=O)[C@@H](NC(=O)[C@@H](N)Cc1ccccc1)[C@@H](C)CC)C(=O)N[C@H](C(=O)N[C@@H](CO)C(=O)N[C@H]1CSSC[C@@H](C(N)=O)NC(=O)[C@H](CCCN=C(C)N)NC(=O)[C@H](C)NC1=O)[C@@H](C)CC. The number of nitrogens with two attached hydrogens (primary N) is 4. The normalized spacial score (nSPS) is 20.6. The molecule has 476 valence electrons. The zero-order valence-electron chi connectivity index (χ0n) is 49.5. The number of primary amides is 2. The summed E-state index contributed by atoms with van der Waals surface area (Å²) in [5, 5.41) is 46.0. The molecule has 2 rings (SSSR count). The van der Waals surface area contributed by atoms with Gasteiger partial charge in [-0.3, -0.25) is 62.5 Å². The largest absolute Gasteiger partial charge is 0.394 e. The average Bonchev–Trinajstić information content (AvgIpc) is 3.60. The van der Waals surface area contributed by atoms with E-state index in [9.17, 15) is 67.7 Å². The number of rotatable bonds is 32. The number of benzene rings is 1. The minimum absolute atomic E-state index is 0.0731. The number of amides is 12. The fraction of sp³-hybridized carbons (Fsp3) is 0.648. The van der Waals surface area contributed by atoms with Gasteiger partial charge in [0.05, 0.1) is 25.1 Å². The Morgan fingerprint density at radius 2 is 1.12 bits per heavy atom. The van der Waals surface area contributed by atoms with Crippen LogP contribution >= 0.6 is 21.6 Å². The van der Waals surface area contributed by atoms with Gasteiger partial charge < -0.3 is 86.3 Å². The lowest BCUT2D eigenvalue weighted by atomic mass is 9.94. The van der Waals surface area contributed by atoms with Crippen molar-refractivity contribution in [3.63, 3.8) is 0 Å². The highest BCUT2D eigenvalue weighted by molar-refractivity contribution is 8.76. The van der Waals surface area contributed by atoms with Crippen molar-refractivity contribution in [1.82, 2.24) is 53.2 Å². The number of aliphatic hydroxyl groups excluding tert-OH is 2. The van der Waals surface area contributed by atoms with Crippen molar-refractivity contribution in [2.75, 3.05) is 31.3 Å². The highest BCUT2D eigenvalue weighted by Gasteiger charge is 2.38. The zero-order chi connectivity index (χ0) is 64.1. The summed E-state index contributed by atoms with van der Waals surface area (Å²) < 4.78 is 0. The first-order chi connectivity index (χ1) is 40.1. The van der Waals surface area contributed by atoms with Crippen LogP contribution < -0.4 is 76.1 Å². The summed E-state index contributed by atoms with van der Waals surface area (Å²) in [4.78, 5) is 166. The summed E-state index contributed by atoms with van der Waals surface area (Å²) >= 11 is 0. The average molecular weight is 1240 g/mol.